The van der Waals surface area contributed by atoms with E-state index in [-0.39, 0.29) is 25.8 Å². The van der Waals surface area contributed by atoms with Crippen LogP contribution in [0.3, 0.4) is 0 Å². The van der Waals surface area contributed by atoms with Crippen molar-refractivity contribution in [1.29, 1.82) is 0 Å². The fraction of sp³-hybridized carbons (Fsp3) is 0.981. The van der Waals surface area contributed by atoms with E-state index in [1.54, 1.807) is 0 Å². The summed E-state index contributed by atoms with van der Waals surface area (Å²) < 4.78 is 35.2. The van der Waals surface area contributed by atoms with Crippen molar-refractivity contribution in [2.45, 2.75) is 277 Å². The molecule has 61 heavy (non-hydrogen) atoms. The second-order valence-electron chi connectivity index (χ2n) is 19.6. The number of unbranched alkanes of at least 4 members (excludes halogenated alkanes) is 37. The quantitative estimate of drug-likeness (QED) is 0.0281. The first-order chi connectivity index (χ1) is 29.6. The number of phosphoric acid groups is 1. The first-order valence-electron chi connectivity index (χ1n) is 26.8. The molecule has 8 nitrogen and oxygen atoms in total. The lowest BCUT2D eigenvalue weighted by molar-refractivity contribution is -0.870. The molecule has 2 unspecified atom stereocenters. The van der Waals surface area contributed by atoms with Gasteiger partial charge in [-0.05, 0) is 12.8 Å². The molecule has 0 aromatic rings. The summed E-state index contributed by atoms with van der Waals surface area (Å²) in [5, 5.41) is 0. The van der Waals surface area contributed by atoms with Crippen LogP contribution in [0, 0.1) is 0 Å². The number of carbonyl (C=O) groups excluding carboxylic acids is 1. The van der Waals surface area contributed by atoms with E-state index in [4.69, 9.17) is 18.5 Å². The van der Waals surface area contributed by atoms with Crippen LogP contribution in [0.4, 0.5) is 0 Å². The first kappa shape index (κ1) is 60.5. The highest BCUT2D eigenvalue weighted by atomic mass is 31.2. The molecule has 0 aliphatic carbocycles. The predicted molar refractivity (Wildman–Crippen MR) is 261 cm³/mol. The van der Waals surface area contributed by atoms with Gasteiger partial charge in [-0.3, -0.25) is 13.8 Å². The molecule has 366 valence electrons. The van der Waals surface area contributed by atoms with Crippen molar-refractivity contribution in [2.75, 3.05) is 54.1 Å². The molecule has 0 aromatic carbocycles. The number of esters is 1. The molecular weight excluding hydrogens is 782 g/mol. The van der Waals surface area contributed by atoms with Gasteiger partial charge in [0.05, 0.1) is 34.4 Å². The third-order valence-electron chi connectivity index (χ3n) is 12.2. The van der Waals surface area contributed by atoms with Gasteiger partial charge in [0.1, 0.15) is 19.3 Å². The van der Waals surface area contributed by atoms with Crippen LogP contribution >= 0.6 is 7.82 Å². The lowest BCUT2D eigenvalue weighted by Crippen LogP contribution is -2.37. The normalized spacial score (nSPS) is 13.5. The number of ether oxygens (including phenoxy) is 2. The van der Waals surface area contributed by atoms with Gasteiger partial charge >= 0.3 is 13.8 Å². The maximum Gasteiger partial charge on any atom is 0.472 e. The van der Waals surface area contributed by atoms with Gasteiger partial charge in [0.15, 0.2) is 0 Å². The molecule has 0 amide bonds. The molecule has 0 spiro atoms. The van der Waals surface area contributed by atoms with Crippen LogP contribution in [0.15, 0.2) is 0 Å². The zero-order valence-corrected chi connectivity index (χ0v) is 42.6. The highest BCUT2D eigenvalue weighted by Gasteiger charge is 2.26. The lowest BCUT2D eigenvalue weighted by atomic mass is 10.0. The zero-order valence-electron chi connectivity index (χ0n) is 41.7. The second kappa shape index (κ2) is 46.0. The number of carbonyl (C=O) groups is 1. The minimum atomic E-state index is -4.27. The Balaban J connectivity index is 4.06. The van der Waals surface area contributed by atoms with Crippen molar-refractivity contribution in [2.24, 2.45) is 0 Å². The first-order valence-corrected chi connectivity index (χ1v) is 28.3. The van der Waals surface area contributed by atoms with Gasteiger partial charge in [-0.25, -0.2) is 4.57 Å². The summed E-state index contributed by atoms with van der Waals surface area (Å²) in [5.41, 5.74) is 0. The average molecular weight is 889 g/mol. The minimum Gasteiger partial charge on any atom is -0.457 e. The largest absolute Gasteiger partial charge is 0.472 e. The van der Waals surface area contributed by atoms with Crippen LogP contribution in [0.25, 0.3) is 0 Å². The topological polar surface area (TPSA) is 91.3 Å². The van der Waals surface area contributed by atoms with Crippen molar-refractivity contribution in [3.8, 4) is 0 Å². The Kier molecular flexibility index (Phi) is 45.7. The molecule has 0 bridgehead atoms. The summed E-state index contributed by atoms with van der Waals surface area (Å²) in [4.78, 5) is 23.0. The summed E-state index contributed by atoms with van der Waals surface area (Å²) in [6.45, 7) is 5.71. The van der Waals surface area contributed by atoms with E-state index < -0.39 is 13.9 Å². The van der Waals surface area contributed by atoms with Crippen LogP contribution in [-0.4, -0.2) is 75.6 Å². The molecule has 0 radical (unpaired) electrons. The Bertz CT molecular complexity index is 945. The fourth-order valence-electron chi connectivity index (χ4n) is 8.03. The molecule has 0 aromatic heterocycles. The van der Waals surface area contributed by atoms with Crippen molar-refractivity contribution >= 4 is 13.8 Å². The molecule has 0 rings (SSSR count). The van der Waals surface area contributed by atoms with Crippen LogP contribution in [0.1, 0.15) is 271 Å². The summed E-state index contributed by atoms with van der Waals surface area (Å²) in [6, 6.07) is 0. The standard InChI is InChI=1S/C52H106NO7P/c1-6-8-10-12-14-16-18-20-22-24-26-27-28-29-31-33-35-37-39-41-43-45-52(54)60-51(50-59-61(55,56)58-48-46-53(3,4)5)49-57-47-44-42-40-38-36-34-32-30-25-23-21-19-17-15-13-11-9-7-2/h51H,6-50H2,1-5H3/p+1. The molecule has 1 N–H and O–H groups in total. The van der Waals surface area contributed by atoms with Gasteiger partial charge in [0.2, 0.25) is 0 Å². The molecule has 0 heterocycles. The number of quaternary nitrogens is 1. The average Bonchev–Trinajstić information content (AvgIpc) is 3.22. The third kappa shape index (κ3) is 50.4. The van der Waals surface area contributed by atoms with Gasteiger partial charge in [-0.2, -0.15) is 0 Å². The smallest absolute Gasteiger partial charge is 0.457 e. The third-order valence-corrected chi connectivity index (χ3v) is 13.2. The molecule has 2 atom stereocenters. The van der Waals surface area contributed by atoms with Crippen molar-refractivity contribution < 1.29 is 37.3 Å². The van der Waals surface area contributed by atoms with Gasteiger partial charge in [-0.15, -0.1) is 0 Å². The fourth-order valence-corrected chi connectivity index (χ4v) is 8.77. The molecule has 0 aliphatic rings. The number of likely N-dealkylation sites (N-methyl/N-ethyl adjacent to an activating group) is 1. The Labute approximate surface area is 380 Å². The Morgan fingerprint density at radius 1 is 0.443 bits per heavy atom. The van der Waals surface area contributed by atoms with E-state index in [0.717, 1.165) is 32.1 Å². The molecular formula is C52H107NO7P+. The molecule has 0 aliphatic heterocycles. The summed E-state index contributed by atoms with van der Waals surface area (Å²) in [5.74, 6) is -0.304. The van der Waals surface area contributed by atoms with E-state index >= 15 is 0 Å². The molecule has 9 heteroatoms. The van der Waals surface area contributed by atoms with Crippen LogP contribution in [0.2, 0.25) is 0 Å². The summed E-state index contributed by atoms with van der Waals surface area (Å²) >= 11 is 0. The molecule has 0 saturated heterocycles. The van der Waals surface area contributed by atoms with Gasteiger partial charge in [0.25, 0.3) is 0 Å². The number of hydrogen-bond donors (Lipinski definition) is 1. The van der Waals surface area contributed by atoms with E-state index in [9.17, 15) is 14.3 Å². The number of phosphoric ester groups is 1. The predicted octanol–water partition coefficient (Wildman–Crippen LogP) is 16.4. The lowest BCUT2D eigenvalue weighted by Gasteiger charge is -2.24. The monoisotopic (exact) mass is 889 g/mol. The van der Waals surface area contributed by atoms with Crippen LogP contribution in [-0.2, 0) is 27.9 Å². The zero-order chi connectivity index (χ0) is 44.8. The van der Waals surface area contributed by atoms with E-state index in [0.29, 0.717) is 24.1 Å². The Morgan fingerprint density at radius 2 is 0.754 bits per heavy atom. The molecule has 0 fully saturated rings. The van der Waals surface area contributed by atoms with Crippen molar-refractivity contribution in [3.05, 3.63) is 0 Å². The number of rotatable bonds is 51. The van der Waals surface area contributed by atoms with E-state index in [1.807, 2.05) is 21.1 Å². The Morgan fingerprint density at radius 3 is 1.08 bits per heavy atom. The second-order valence-corrected chi connectivity index (χ2v) is 21.1. The maximum atomic E-state index is 12.8. The van der Waals surface area contributed by atoms with Crippen molar-refractivity contribution in [1.82, 2.24) is 0 Å². The highest BCUT2D eigenvalue weighted by Crippen LogP contribution is 2.43. The molecule has 0 saturated carbocycles. The van der Waals surface area contributed by atoms with Gasteiger partial charge < -0.3 is 18.9 Å². The van der Waals surface area contributed by atoms with Crippen LogP contribution in [0.5, 0.6) is 0 Å². The SMILES string of the molecule is CCCCCCCCCCCCCCCCCCCCCCCC(=O)OC(COCCCCCCCCCCCCCCCCCCCC)COP(=O)(O)OCC[N+](C)(C)C. The van der Waals surface area contributed by atoms with E-state index in [1.165, 1.54) is 218 Å². The van der Waals surface area contributed by atoms with Gasteiger partial charge in [-0.1, -0.05) is 251 Å². The van der Waals surface area contributed by atoms with Gasteiger partial charge in [0, 0.05) is 13.0 Å². The summed E-state index contributed by atoms with van der Waals surface area (Å²) in [7, 11) is 1.69. The highest BCUT2D eigenvalue weighted by molar-refractivity contribution is 7.47. The number of nitrogens with zero attached hydrogens (tertiary/aromatic N) is 1. The number of hydrogen-bond acceptors (Lipinski definition) is 6. The summed E-state index contributed by atoms with van der Waals surface area (Å²) in [6.07, 6.45) is 51.5. The van der Waals surface area contributed by atoms with Crippen molar-refractivity contribution in [3.63, 3.8) is 0 Å². The Hall–Kier alpha value is -0.500. The minimum absolute atomic E-state index is 0.0943. The van der Waals surface area contributed by atoms with E-state index in [2.05, 4.69) is 13.8 Å². The maximum absolute atomic E-state index is 12.8. The van der Waals surface area contributed by atoms with Crippen LogP contribution < -0.4 is 0 Å².